The van der Waals surface area contributed by atoms with Gasteiger partial charge in [0.05, 0.1) is 17.9 Å². The summed E-state index contributed by atoms with van der Waals surface area (Å²) in [5.41, 5.74) is 0. The van der Waals surface area contributed by atoms with Crippen LogP contribution in [0.15, 0.2) is 36.5 Å². The Labute approximate surface area is 215 Å². The maximum atomic E-state index is 12.3. The van der Waals surface area contributed by atoms with Crippen molar-refractivity contribution >= 4 is 16.0 Å². The molecule has 7 heteroatoms. The van der Waals surface area contributed by atoms with Gasteiger partial charge in [-0.25, -0.2) is 0 Å². The topological polar surface area (TPSA) is 104 Å². The Kier molecular flexibility index (Phi) is 22.0. The summed E-state index contributed by atoms with van der Waals surface area (Å²) >= 11 is 0. The fourth-order valence-electron chi connectivity index (χ4n) is 3.82. The standard InChI is InChI=1S/C28H51NO5S/c1-3-5-7-9-10-11-12-13-14-15-16-17-18-20-22-24-28(31)29-26(25-35(32,33)34)27(30)23-21-19-8-6-4-2/h5,7,10-11,13-14,26-27,30H,3-4,6,8-9,12,15-25H2,1-2H3,(H,29,31)(H,32,33,34)/b7-5-,11-10-,14-13-. The summed E-state index contributed by atoms with van der Waals surface area (Å²) in [7, 11) is -4.29. The van der Waals surface area contributed by atoms with Crippen molar-refractivity contribution in [3.8, 4) is 0 Å². The normalized spacial score (nSPS) is 14.3. The molecule has 0 saturated carbocycles. The molecular weight excluding hydrogens is 462 g/mol. The third-order valence-electron chi connectivity index (χ3n) is 5.86. The number of aliphatic hydroxyl groups excluding tert-OH is 1. The number of carbonyl (C=O) groups is 1. The van der Waals surface area contributed by atoms with Gasteiger partial charge in [-0.3, -0.25) is 9.35 Å². The molecular formula is C28H51NO5S. The Balaban J connectivity index is 4.01. The molecule has 2 atom stereocenters. The summed E-state index contributed by atoms with van der Waals surface area (Å²) in [5, 5.41) is 13.0. The third-order valence-corrected chi connectivity index (χ3v) is 6.64. The van der Waals surface area contributed by atoms with Crippen molar-refractivity contribution in [2.24, 2.45) is 0 Å². The Morgan fingerprint density at radius 1 is 0.800 bits per heavy atom. The van der Waals surface area contributed by atoms with Gasteiger partial charge in [0.15, 0.2) is 0 Å². The van der Waals surface area contributed by atoms with Crippen LogP contribution in [0.4, 0.5) is 0 Å². The van der Waals surface area contributed by atoms with Crippen molar-refractivity contribution in [1.82, 2.24) is 5.32 Å². The number of hydrogen-bond acceptors (Lipinski definition) is 4. The zero-order valence-corrected chi connectivity index (χ0v) is 23.0. The molecule has 0 fully saturated rings. The van der Waals surface area contributed by atoms with Crippen molar-refractivity contribution in [3.63, 3.8) is 0 Å². The van der Waals surface area contributed by atoms with E-state index in [0.29, 0.717) is 12.8 Å². The van der Waals surface area contributed by atoms with Crippen LogP contribution in [0, 0.1) is 0 Å². The maximum Gasteiger partial charge on any atom is 0.266 e. The molecule has 0 aliphatic carbocycles. The monoisotopic (exact) mass is 513 g/mol. The van der Waals surface area contributed by atoms with E-state index >= 15 is 0 Å². The second-order valence-corrected chi connectivity index (χ2v) is 10.8. The number of unbranched alkanes of at least 4 members (excludes halogenated alkanes) is 9. The first kappa shape index (κ1) is 33.6. The first-order valence-electron chi connectivity index (χ1n) is 13.7. The minimum absolute atomic E-state index is 0.273. The third kappa shape index (κ3) is 24.0. The van der Waals surface area contributed by atoms with Gasteiger partial charge in [-0.05, 0) is 44.9 Å². The molecule has 3 N–H and O–H groups in total. The molecule has 0 aromatic rings. The molecule has 0 radical (unpaired) electrons. The Morgan fingerprint density at radius 2 is 1.37 bits per heavy atom. The largest absolute Gasteiger partial charge is 0.391 e. The molecule has 35 heavy (non-hydrogen) atoms. The molecule has 0 bridgehead atoms. The molecule has 204 valence electrons. The van der Waals surface area contributed by atoms with Crippen LogP contribution in [0.25, 0.3) is 0 Å². The first-order valence-corrected chi connectivity index (χ1v) is 15.3. The van der Waals surface area contributed by atoms with Crippen LogP contribution in [-0.2, 0) is 14.9 Å². The molecule has 0 aliphatic heterocycles. The van der Waals surface area contributed by atoms with Crippen LogP contribution in [0.2, 0.25) is 0 Å². The predicted octanol–water partition coefficient (Wildman–Crippen LogP) is 6.67. The maximum absolute atomic E-state index is 12.3. The van der Waals surface area contributed by atoms with Crippen LogP contribution < -0.4 is 5.32 Å². The number of aliphatic hydroxyl groups is 1. The number of hydrogen-bond donors (Lipinski definition) is 3. The number of carbonyl (C=O) groups excluding carboxylic acids is 1. The first-order chi connectivity index (χ1) is 16.8. The molecule has 0 spiro atoms. The SMILES string of the molecule is CC/C=C\C/C=C\C/C=C\CCCCCCCC(=O)NC(CS(=O)(=O)O)C(O)CCCCCCC. The zero-order chi connectivity index (χ0) is 26.2. The lowest BCUT2D eigenvalue weighted by atomic mass is 10.0. The average Bonchev–Trinajstić information content (AvgIpc) is 2.80. The number of allylic oxidation sites excluding steroid dienone is 6. The van der Waals surface area contributed by atoms with Crippen LogP contribution >= 0.6 is 0 Å². The highest BCUT2D eigenvalue weighted by atomic mass is 32.2. The summed E-state index contributed by atoms with van der Waals surface area (Å²) in [6, 6.07) is -0.974. The summed E-state index contributed by atoms with van der Waals surface area (Å²) in [5.74, 6) is -0.932. The van der Waals surface area contributed by atoms with Gasteiger partial charge in [-0.15, -0.1) is 0 Å². The molecule has 0 aromatic carbocycles. The fraction of sp³-hybridized carbons (Fsp3) is 0.750. The average molecular weight is 514 g/mol. The quantitative estimate of drug-likeness (QED) is 0.0804. The van der Waals surface area contributed by atoms with Crippen LogP contribution in [0.3, 0.4) is 0 Å². The van der Waals surface area contributed by atoms with E-state index in [-0.39, 0.29) is 5.91 Å². The van der Waals surface area contributed by atoms with Gasteiger partial charge in [0.2, 0.25) is 5.91 Å². The highest BCUT2D eigenvalue weighted by Crippen LogP contribution is 2.12. The van der Waals surface area contributed by atoms with Crippen LogP contribution in [-0.4, -0.2) is 41.9 Å². The molecule has 0 saturated heterocycles. The van der Waals surface area contributed by atoms with Gasteiger partial charge in [0.25, 0.3) is 10.1 Å². The van der Waals surface area contributed by atoms with Crippen molar-refractivity contribution in [2.45, 2.75) is 129 Å². The Bertz CT molecular complexity index is 700. The number of nitrogens with one attached hydrogen (secondary N) is 1. The Hall–Kier alpha value is -1.44. The zero-order valence-electron chi connectivity index (χ0n) is 22.2. The molecule has 2 unspecified atom stereocenters. The van der Waals surface area contributed by atoms with Crippen molar-refractivity contribution in [3.05, 3.63) is 36.5 Å². The van der Waals surface area contributed by atoms with Gasteiger partial charge < -0.3 is 10.4 Å². The Morgan fingerprint density at radius 3 is 2.03 bits per heavy atom. The van der Waals surface area contributed by atoms with Crippen molar-refractivity contribution in [2.75, 3.05) is 5.75 Å². The highest BCUT2D eigenvalue weighted by molar-refractivity contribution is 7.85. The van der Waals surface area contributed by atoms with E-state index in [4.69, 9.17) is 0 Å². The van der Waals surface area contributed by atoms with Gasteiger partial charge in [-0.2, -0.15) is 8.42 Å². The van der Waals surface area contributed by atoms with Crippen molar-refractivity contribution < 1.29 is 22.9 Å². The second kappa shape index (κ2) is 23.0. The minimum atomic E-state index is -4.29. The summed E-state index contributed by atoms with van der Waals surface area (Å²) < 4.78 is 31.9. The molecule has 0 aliphatic rings. The van der Waals surface area contributed by atoms with Crippen LogP contribution in [0.1, 0.15) is 117 Å². The molecule has 0 aromatic heterocycles. The lowest BCUT2D eigenvalue weighted by molar-refractivity contribution is -0.122. The molecule has 0 rings (SSSR count). The van der Waals surface area contributed by atoms with Crippen molar-refractivity contribution in [1.29, 1.82) is 0 Å². The lowest BCUT2D eigenvalue weighted by Crippen LogP contribution is -2.47. The summed E-state index contributed by atoms with van der Waals surface area (Å²) in [4.78, 5) is 12.3. The summed E-state index contributed by atoms with van der Waals surface area (Å²) in [6.45, 7) is 4.26. The van der Waals surface area contributed by atoms with E-state index in [9.17, 15) is 22.9 Å². The summed E-state index contributed by atoms with van der Waals surface area (Å²) in [6.07, 6.45) is 27.0. The number of rotatable bonds is 23. The van der Waals surface area contributed by atoms with E-state index in [0.717, 1.165) is 89.9 Å². The minimum Gasteiger partial charge on any atom is -0.391 e. The van der Waals surface area contributed by atoms with E-state index in [1.165, 1.54) is 0 Å². The lowest BCUT2D eigenvalue weighted by Gasteiger charge is -2.23. The highest BCUT2D eigenvalue weighted by Gasteiger charge is 2.25. The molecule has 1 amide bonds. The smallest absolute Gasteiger partial charge is 0.266 e. The number of amides is 1. The van der Waals surface area contributed by atoms with Gasteiger partial charge in [-0.1, -0.05) is 102 Å². The van der Waals surface area contributed by atoms with Gasteiger partial charge in [0.1, 0.15) is 0 Å². The van der Waals surface area contributed by atoms with E-state index in [1.807, 2.05) is 0 Å². The van der Waals surface area contributed by atoms with E-state index in [2.05, 4.69) is 55.6 Å². The molecule has 6 nitrogen and oxygen atoms in total. The second-order valence-electron chi connectivity index (χ2n) is 9.29. The van der Waals surface area contributed by atoms with Gasteiger partial charge in [0, 0.05) is 6.42 Å². The van der Waals surface area contributed by atoms with Crippen LogP contribution in [0.5, 0.6) is 0 Å². The predicted molar refractivity (Wildman–Crippen MR) is 147 cm³/mol. The fourth-order valence-corrected chi connectivity index (χ4v) is 4.58. The van der Waals surface area contributed by atoms with E-state index in [1.54, 1.807) is 0 Å². The van der Waals surface area contributed by atoms with Gasteiger partial charge >= 0.3 is 0 Å². The van der Waals surface area contributed by atoms with E-state index < -0.39 is 28.0 Å². The molecule has 0 heterocycles.